The first-order valence-corrected chi connectivity index (χ1v) is 10.9. The Labute approximate surface area is 178 Å². The van der Waals surface area contributed by atoms with E-state index in [9.17, 15) is 19.2 Å². The topological polar surface area (TPSA) is 104 Å². The monoisotopic (exact) mass is 538 g/mol. The van der Waals surface area contributed by atoms with Crippen LogP contribution >= 0.6 is 54.5 Å². The van der Waals surface area contributed by atoms with Crippen LogP contribution in [0.4, 0.5) is 0 Å². The van der Waals surface area contributed by atoms with E-state index in [1.807, 2.05) is 0 Å². The Balaban J connectivity index is 2.05. The van der Waals surface area contributed by atoms with Crippen LogP contribution in [0.3, 0.4) is 0 Å². The summed E-state index contributed by atoms with van der Waals surface area (Å²) in [7, 11) is 0. The molecule has 5 aromatic rings. The molecular weight excluding hydrogens is 536 g/mol. The molecule has 1 aromatic carbocycles. The third kappa shape index (κ3) is 2.14. The molecule has 8 nitrogen and oxygen atoms in total. The molecule has 0 fully saturated rings. The summed E-state index contributed by atoms with van der Waals surface area (Å²) in [5.74, 6) is 0. The Bertz CT molecular complexity index is 1410. The van der Waals surface area contributed by atoms with E-state index < -0.39 is 22.2 Å². The predicted molar refractivity (Wildman–Crippen MR) is 114 cm³/mol. The summed E-state index contributed by atoms with van der Waals surface area (Å²) in [6, 6.07) is 0. The van der Waals surface area contributed by atoms with Crippen molar-refractivity contribution in [2.24, 2.45) is 0 Å². The predicted octanol–water partition coefficient (Wildman–Crippen LogP) is 2.33. The minimum Gasteiger partial charge on any atom is -0.268 e. The van der Waals surface area contributed by atoms with Crippen LogP contribution in [0, 0.1) is 0 Å². The summed E-state index contributed by atoms with van der Waals surface area (Å²) in [5, 5.41) is 3.80. The van der Waals surface area contributed by atoms with Gasteiger partial charge in [0.2, 0.25) is 0 Å². The first-order chi connectivity index (χ1) is 13.4. The maximum atomic E-state index is 13.0. The third-order valence-corrected chi connectivity index (χ3v) is 7.37. The van der Waals surface area contributed by atoms with Crippen molar-refractivity contribution in [1.29, 1.82) is 0 Å². The van der Waals surface area contributed by atoms with E-state index in [4.69, 9.17) is 0 Å². The van der Waals surface area contributed by atoms with Crippen LogP contribution in [-0.2, 0) is 0 Å². The van der Waals surface area contributed by atoms with E-state index in [2.05, 4.69) is 41.8 Å². The Morgan fingerprint density at radius 2 is 0.964 bits per heavy atom. The van der Waals surface area contributed by atoms with Crippen molar-refractivity contribution in [2.45, 2.75) is 0 Å². The molecule has 28 heavy (non-hydrogen) atoms. The molecule has 0 aliphatic rings. The maximum Gasteiger partial charge on any atom is 0.269 e. The molecule has 0 atom stereocenters. The molecule has 4 aromatic heterocycles. The third-order valence-electron chi connectivity index (χ3n) is 4.27. The number of benzene rings is 1. The molecule has 0 saturated heterocycles. The zero-order valence-electron chi connectivity index (χ0n) is 13.3. The second-order valence-corrected chi connectivity index (χ2v) is 8.98. The minimum absolute atomic E-state index is 0.0213. The molecule has 0 aliphatic heterocycles. The van der Waals surface area contributed by atoms with Gasteiger partial charge in [0.15, 0.2) is 10.3 Å². The first-order valence-electron chi connectivity index (χ1n) is 7.55. The highest BCUT2D eigenvalue weighted by atomic mass is 79.9. The summed E-state index contributed by atoms with van der Waals surface area (Å²) in [4.78, 5) is 59.9. The molecule has 0 bridgehead atoms. The molecule has 0 spiro atoms. The molecular formula is C16H4Br2N4O4S2. The minimum atomic E-state index is -0.613. The Morgan fingerprint density at radius 1 is 0.643 bits per heavy atom. The van der Waals surface area contributed by atoms with Crippen molar-refractivity contribution in [3.05, 3.63) is 73.5 Å². The van der Waals surface area contributed by atoms with Gasteiger partial charge in [0.25, 0.3) is 22.2 Å². The second-order valence-electron chi connectivity index (χ2n) is 5.65. The standard InChI is InChI=1S/C16H4Br2N4O4S2/c17-9-5-6(12(24)21(11(5)23)15-19-1-3-27-15)10(18)8-7(9)13(25)22(14(8)26)16-20-2-4-28-16/h1-4H. The lowest BCUT2D eigenvalue weighted by Gasteiger charge is -1.97. The summed E-state index contributed by atoms with van der Waals surface area (Å²) < 4.78 is 2.09. The van der Waals surface area contributed by atoms with E-state index in [1.54, 1.807) is 10.8 Å². The van der Waals surface area contributed by atoms with Gasteiger partial charge < -0.3 is 0 Å². The fourth-order valence-corrected chi connectivity index (χ4v) is 5.87. The molecule has 5 rings (SSSR count). The van der Waals surface area contributed by atoms with E-state index in [0.29, 0.717) is 0 Å². The van der Waals surface area contributed by atoms with Gasteiger partial charge in [0.1, 0.15) is 0 Å². The normalized spacial score (nSPS) is 11.8. The van der Waals surface area contributed by atoms with Crippen molar-refractivity contribution in [3.8, 4) is 10.3 Å². The van der Waals surface area contributed by atoms with Gasteiger partial charge in [-0.05, 0) is 31.9 Å². The average molecular weight is 540 g/mol. The van der Waals surface area contributed by atoms with Crippen molar-refractivity contribution < 1.29 is 0 Å². The first kappa shape index (κ1) is 17.8. The number of thiazole rings is 2. The molecule has 0 amide bonds. The smallest absolute Gasteiger partial charge is 0.268 e. The lowest BCUT2D eigenvalue weighted by molar-refractivity contribution is 0.968. The van der Waals surface area contributed by atoms with E-state index >= 15 is 0 Å². The number of rotatable bonds is 2. The van der Waals surface area contributed by atoms with Gasteiger partial charge in [0.05, 0.1) is 21.5 Å². The van der Waals surface area contributed by atoms with Crippen LogP contribution in [0.25, 0.3) is 31.8 Å². The summed E-state index contributed by atoms with van der Waals surface area (Å²) in [5.41, 5.74) is -2.45. The summed E-state index contributed by atoms with van der Waals surface area (Å²) >= 11 is 8.82. The lowest BCUT2D eigenvalue weighted by Crippen LogP contribution is -2.24. The van der Waals surface area contributed by atoms with Crippen molar-refractivity contribution in [1.82, 2.24) is 19.1 Å². The highest BCUT2D eigenvalue weighted by Gasteiger charge is 2.28. The maximum absolute atomic E-state index is 13.0. The van der Waals surface area contributed by atoms with Gasteiger partial charge in [-0.25, -0.2) is 19.1 Å². The molecule has 0 saturated carbocycles. The van der Waals surface area contributed by atoms with Gasteiger partial charge in [-0.15, -0.1) is 22.7 Å². The summed E-state index contributed by atoms with van der Waals surface area (Å²) in [6.07, 6.45) is 2.96. The number of fused-ring (bicyclic) bond motifs is 2. The number of nitrogens with zero attached hydrogens (tertiary/aromatic N) is 4. The van der Waals surface area contributed by atoms with Crippen molar-refractivity contribution in [3.63, 3.8) is 0 Å². The number of hydrogen-bond acceptors (Lipinski definition) is 8. The van der Waals surface area contributed by atoms with E-state index in [1.165, 1.54) is 12.4 Å². The van der Waals surface area contributed by atoms with Crippen molar-refractivity contribution >= 4 is 76.1 Å². The largest absolute Gasteiger partial charge is 0.269 e. The second kappa shape index (κ2) is 6.11. The Morgan fingerprint density at radius 3 is 1.21 bits per heavy atom. The van der Waals surface area contributed by atoms with Gasteiger partial charge in [-0.2, -0.15) is 0 Å². The lowest BCUT2D eigenvalue weighted by atomic mass is 10.1. The fraction of sp³-hybridized carbons (Fsp3) is 0. The molecule has 138 valence electrons. The van der Waals surface area contributed by atoms with Crippen molar-refractivity contribution in [2.75, 3.05) is 0 Å². The van der Waals surface area contributed by atoms with Crippen LogP contribution in [0.2, 0.25) is 0 Å². The highest BCUT2D eigenvalue weighted by molar-refractivity contribution is 9.11. The molecule has 0 N–H and O–H groups in total. The quantitative estimate of drug-likeness (QED) is 0.341. The van der Waals surface area contributed by atoms with Crippen LogP contribution in [-0.4, -0.2) is 19.1 Å². The van der Waals surface area contributed by atoms with E-state index in [0.717, 1.165) is 31.8 Å². The molecule has 12 heteroatoms. The van der Waals surface area contributed by atoms with Crippen LogP contribution in [0.5, 0.6) is 0 Å². The zero-order chi connectivity index (χ0) is 19.7. The van der Waals surface area contributed by atoms with Gasteiger partial charge >= 0.3 is 0 Å². The molecule has 4 heterocycles. The summed E-state index contributed by atoms with van der Waals surface area (Å²) in [6.45, 7) is 0. The van der Waals surface area contributed by atoms with Crippen LogP contribution < -0.4 is 22.2 Å². The van der Waals surface area contributed by atoms with E-state index in [-0.39, 0.29) is 40.8 Å². The number of hydrogen-bond donors (Lipinski definition) is 0. The zero-order valence-corrected chi connectivity index (χ0v) is 18.1. The average Bonchev–Trinajstić information content (AvgIpc) is 3.41. The Kier molecular flexibility index (Phi) is 3.88. The van der Waals surface area contributed by atoms with Gasteiger partial charge in [0, 0.05) is 32.1 Å². The Hall–Kier alpha value is -2.28. The van der Waals surface area contributed by atoms with Gasteiger partial charge in [-0.3, -0.25) is 19.2 Å². The number of halogens is 2. The van der Waals surface area contributed by atoms with Crippen LogP contribution in [0.15, 0.2) is 51.3 Å². The molecule has 0 radical (unpaired) electrons. The SMILES string of the molecule is O=c1c2c(Br)c3c(=O)n(-c4nccs4)c(=O)c3c(Br)c2c(=O)n1-c1nccs1. The van der Waals surface area contributed by atoms with Gasteiger partial charge in [-0.1, -0.05) is 0 Å². The number of aromatic nitrogens is 4. The molecule has 0 unspecified atom stereocenters. The fourth-order valence-electron chi connectivity index (χ4n) is 3.12. The highest BCUT2D eigenvalue weighted by Crippen LogP contribution is 2.34. The van der Waals surface area contributed by atoms with Crippen LogP contribution in [0.1, 0.15) is 0 Å². The molecule has 0 aliphatic carbocycles.